The van der Waals surface area contributed by atoms with Crippen molar-refractivity contribution in [3.8, 4) is 0 Å². The summed E-state index contributed by atoms with van der Waals surface area (Å²) >= 11 is 1.68. The lowest BCUT2D eigenvalue weighted by Crippen LogP contribution is -2.42. The van der Waals surface area contributed by atoms with E-state index in [2.05, 4.69) is 79.8 Å². The van der Waals surface area contributed by atoms with E-state index in [0.717, 1.165) is 5.76 Å². The first kappa shape index (κ1) is 25.3. The van der Waals surface area contributed by atoms with Crippen molar-refractivity contribution in [2.45, 2.75) is 83.0 Å². The Hall–Kier alpha value is -0.753. The highest BCUT2D eigenvalue weighted by molar-refractivity contribution is 7.99. The molecule has 2 unspecified atom stereocenters. The van der Waals surface area contributed by atoms with Gasteiger partial charge in [-0.25, -0.2) is 0 Å². The maximum Gasteiger partial charge on any atom is 0.250 e. The zero-order chi connectivity index (χ0) is 21.6. The Labute approximate surface area is 178 Å². The Morgan fingerprint density at radius 1 is 1.07 bits per heavy atom. The van der Waals surface area contributed by atoms with E-state index in [-0.39, 0.29) is 22.0 Å². The van der Waals surface area contributed by atoms with Crippen molar-refractivity contribution < 1.29 is 13.9 Å². The average Bonchev–Trinajstić information content (AvgIpc) is 2.57. The van der Waals surface area contributed by atoms with Crippen LogP contribution in [-0.2, 0) is 13.9 Å². The highest BCUT2D eigenvalue weighted by Gasteiger charge is 2.40. The van der Waals surface area contributed by atoms with Gasteiger partial charge >= 0.3 is 0 Å². The van der Waals surface area contributed by atoms with Crippen LogP contribution in [0, 0.1) is 5.41 Å². The fourth-order valence-corrected chi connectivity index (χ4v) is 4.45. The molecule has 0 amide bonds. The Bertz CT molecular complexity index is 615. The van der Waals surface area contributed by atoms with Crippen LogP contribution in [-0.4, -0.2) is 33.6 Å². The van der Waals surface area contributed by atoms with E-state index in [1.54, 1.807) is 18.9 Å². The molecule has 1 rings (SSSR count). The summed E-state index contributed by atoms with van der Waals surface area (Å²) in [5.74, 6) is 1.02. The Morgan fingerprint density at radius 2 is 1.64 bits per heavy atom. The molecule has 1 aromatic rings. The molecule has 1 aromatic carbocycles. The van der Waals surface area contributed by atoms with Gasteiger partial charge in [0.25, 0.3) is 0 Å². The van der Waals surface area contributed by atoms with Gasteiger partial charge in [0.2, 0.25) is 8.32 Å². The maximum atomic E-state index is 6.61. The van der Waals surface area contributed by atoms with E-state index in [0.29, 0.717) is 6.61 Å². The molecule has 2 atom stereocenters. The lowest BCUT2D eigenvalue weighted by molar-refractivity contribution is 0.00422. The molecule has 0 aliphatic rings. The Balaban J connectivity index is 2.78. The summed E-state index contributed by atoms with van der Waals surface area (Å²) in [5, 5.41) is 0.166. The number of hydrogen-bond acceptors (Lipinski definition) is 4. The largest absolute Gasteiger partial charge is 0.546 e. The highest BCUT2D eigenvalue weighted by atomic mass is 32.2. The minimum absolute atomic E-state index is 0.0412. The first-order valence-electron chi connectivity index (χ1n) is 10.0. The standard InChI is InChI=1S/C23H40O3SSi/c1-18(21(24-8)27-19-14-12-11-13-15-19)25-17-16-20(22(2,3)4)26-28(9,10)23(5,6)7/h11-16,18,21H,17H2,1-10H3/b20-16+. The molecule has 0 aromatic heterocycles. The number of allylic oxidation sites excluding steroid dienone is 1. The minimum atomic E-state index is -1.89. The lowest BCUT2D eigenvalue weighted by atomic mass is 9.94. The van der Waals surface area contributed by atoms with Gasteiger partial charge in [0.1, 0.15) is 5.44 Å². The summed E-state index contributed by atoms with van der Waals surface area (Å²) in [6, 6.07) is 10.3. The van der Waals surface area contributed by atoms with Gasteiger partial charge in [-0.1, -0.05) is 71.5 Å². The molecule has 0 bridgehead atoms. The van der Waals surface area contributed by atoms with E-state index in [1.807, 2.05) is 18.2 Å². The van der Waals surface area contributed by atoms with Crippen LogP contribution < -0.4 is 0 Å². The van der Waals surface area contributed by atoms with Crippen molar-refractivity contribution >= 4 is 20.1 Å². The number of benzene rings is 1. The third kappa shape index (κ3) is 7.94. The lowest BCUT2D eigenvalue weighted by Gasteiger charge is -2.40. The zero-order valence-corrected chi connectivity index (χ0v) is 21.3. The van der Waals surface area contributed by atoms with Crippen LogP contribution in [0.25, 0.3) is 0 Å². The first-order chi connectivity index (χ1) is 12.8. The van der Waals surface area contributed by atoms with Crippen LogP contribution in [0.2, 0.25) is 18.1 Å². The number of ether oxygens (including phenoxy) is 2. The van der Waals surface area contributed by atoms with Gasteiger partial charge in [0, 0.05) is 17.4 Å². The van der Waals surface area contributed by atoms with Crippen LogP contribution in [0.1, 0.15) is 48.5 Å². The van der Waals surface area contributed by atoms with Crippen molar-refractivity contribution in [2.24, 2.45) is 5.41 Å². The predicted octanol–water partition coefficient (Wildman–Crippen LogP) is 7.11. The second-order valence-corrected chi connectivity index (χ2v) is 15.7. The maximum absolute atomic E-state index is 6.61. The van der Waals surface area contributed by atoms with E-state index >= 15 is 0 Å². The third-order valence-electron chi connectivity index (χ3n) is 5.15. The first-order valence-corrected chi connectivity index (χ1v) is 13.8. The van der Waals surface area contributed by atoms with E-state index in [1.165, 1.54) is 4.90 Å². The molecule has 0 radical (unpaired) electrons. The molecule has 0 saturated heterocycles. The summed E-state index contributed by atoms with van der Waals surface area (Å²) in [6.07, 6.45) is 2.07. The van der Waals surface area contributed by atoms with Crippen LogP contribution in [0.4, 0.5) is 0 Å². The number of hydrogen-bond donors (Lipinski definition) is 0. The van der Waals surface area contributed by atoms with E-state index in [9.17, 15) is 0 Å². The molecule has 160 valence electrons. The Morgan fingerprint density at radius 3 is 2.11 bits per heavy atom. The van der Waals surface area contributed by atoms with E-state index < -0.39 is 8.32 Å². The Kier molecular flexibility index (Phi) is 9.33. The van der Waals surface area contributed by atoms with Crippen molar-refractivity contribution in [3.63, 3.8) is 0 Å². The van der Waals surface area contributed by atoms with E-state index in [4.69, 9.17) is 13.9 Å². The molecule has 0 N–H and O–H groups in total. The fourth-order valence-electron chi connectivity index (χ4n) is 2.25. The normalized spacial score (nSPS) is 16.0. The molecule has 3 nitrogen and oxygen atoms in total. The zero-order valence-electron chi connectivity index (χ0n) is 19.5. The average molecular weight is 425 g/mol. The van der Waals surface area contributed by atoms with Crippen molar-refractivity contribution in [1.29, 1.82) is 0 Å². The fraction of sp³-hybridized carbons (Fsp3) is 0.652. The van der Waals surface area contributed by atoms with Crippen LogP contribution in [0.5, 0.6) is 0 Å². The second-order valence-electron chi connectivity index (χ2n) is 9.75. The summed E-state index contributed by atoms with van der Waals surface area (Å²) < 4.78 is 18.4. The summed E-state index contributed by atoms with van der Waals surface area (Å²) in [6.45, 7) is 20.5. The molecule has 0 aliphatic carbocycles. The summed E-state index contributed by atoms with van der Waals surface area (Å²) in [4.78, 5) is 1.18. The second kappa shape index (κ2) is 10.3. The van der Waals surface area contributed by atoms with Crippen LogP contribution >= 0.6 is 11.8 Å². The quantitative estimate of drug-likeness (QED) is 0.183. The third-order valence-corrected chi connectivity index (χ3v) is 10.8. The SMILES string of the molecule is COC(Sc1ccccc1)C(C)OC/C=C(/O[Si](C)(C)C(C)(C)C)C(C)(C)C. The van der Waals surface area contributed by atoms with Gasteiger partial charge < -0.3 is 13.9 Å². The number of rotatable bonds is 9. The van der Waals surface area contributed by atoms with Crippen molar-refractivity contribution in [3.05, 3.63) is 42.2 Å². The highest BCUT2D eigenvalue weighted by Crippen LogP contribution is 2.41. The molecule has 0 aliphatic heterocycles. The van der Waals surface area contributed by atoms with Gasteiger partial charge in [-0.3, -0.25) is 0 Å². The predicted molar refractivity (Wildman–Crippen MR) is 124 cm³/mol. The molecule has 0 heterocycles. The van der Waals surface area contributed by atoms with Crippen LogP contribution in [0.15, 0.2) is 47.1 Å². The molecule has 0 fully saturated rings. The number of thioether (sulfide) groups is 1. The van der Waals surface area contributed by atoms with Crippen molar-refractivity contribution in [2.75, 3.05) is 13.7 Å². The minimum Gasteiger partial charge on any atom is -0.546 e. The van der Waals surface area contributed by atoms with Crippen molar-refractivity contribution in [1.82, 2.24) is 0 Å². The molecular formula is C23H40O3SSi. The number of methoxy groups -OCH3 is 1. The molecule has 28 heavy (non-hydrogen) atoms. The van der Waals surface area contributed by atoms with Gasteiger partial charge in [0.15, 0.2) is 0 Å². The van der Waals surface area contributed by atoms with Gasteiger partial charge in [-0.2, -0.15) is 0 Å². The summed E-state index contributed by atoms with van der Waals surface area (Å²) in [5.41, 5.74) is -0.114. The summed E-state index contributed by atoms with van der Waals surface area (Å²) in [7, 11) is -0.154. The van der Waals surface area contributed by atoms with Crippen LogP contribution in [0.3, 0.4) is 0 Å². The monoisotopic (exact) mass is 424 g/mol. The molecule has 0 spiro atoms. The molecule has 0 saturated carbocycles. The van der Waals surface area contributed by atoms with Gasteiger partial charge in [-0.05, 0) is 43.3 Å². The molecule has 5 heteroatoms. The van der Waals surface area contributed by atoms with Gasteiger partial charge in [-0.15, -0.1) is 0 Å². The van der Waals surface area contributed by atoms with Gasteiger partial charge in [0.05, 0.1) is 18.5 Å². The topological polar surface area (TPSA) is 27.7 Å². The molecular weight excluding hydrogens is 384 g/mol. The smallest absolute Gasteiger partial charge is 0.250 e.